The number of carbonyl (C=O) groups is 2. The van der Waals surface area contributed by atoms with Crippen LogP contribution in [-0.4, -0.2) is 52.8 Å². The number of likely N-dealkylation sites (tertiary alicyclic amines) is 1. The molecule has 0 spiro atoms. The fraction of sp³-hybridized carbons (Fsp3) is 0.737. The molecule has 6 heteroatoms. The minimum atomic E-state index is 0.106. The lowest BCUT2D eigenvalue weighted by Gasteiger charge is -2.35. The number of hydrogen-bond acceptors (Lipinski definition) is 4. The Balaban J connectivity index is 1.39. The molecule has 3 aliphatic rings. The Kier molecular flexibility index (Phi) is 4.80. The highest BCUT2D eigenvalue weighted by atomic mass is 32.1. The molecule has 0 N–H and O–H groups in total. The Bertz CT molecular complexity index is 634. The number of thiazole rings is 1. The molecule has 136 valence electrons. The molecular weight excluding hydrogens is 334 g/mol. The van der Waals surface area contributed by atoms with Crippen LogP contribution in [-0.2, 0) is 17.6 Å². The quantitative estimate of drug-likeness (QED) is 0.814. The molecule has 0 bridgehead atoms. The van der Waals surface area contributed by atoms with Gasteiger partial charge in [0.2, 0.25) is 5.91 Å². The highest BCUT2D eigenvalue weighted by Crippen LogP contribution is 2.35. The average Bonchev–Trinajstić information content (AvgIpc) is 2.92. The van der Waals surface area contributed by atoms with Gasteiger partial charge < -0.3 is 9.80 Å². The predicted octanol–water partition coefficient (Wildman–Crippen LogP) is 2.74. The maximum Gasteiger partial charge on any atom is 0.282 e. The zero-order valence-corrected chi connectivity index (χ0v) is 15.8. The topological polar surface area (TPSA) is 53.5 Å². The first-order valence-electron chi connectivity index (χ1n) is 9.68. The van der Waals surface area contributed by atoms with E-state index in [0.29, 0.717) is 16.8 Å². The van der Waals surface area contributed by atoms with Gasteiger partial charge in [0.15, 0.2) is 5.01 Å². The smallest absolute Gasteiger partial charge is 0.282 e. The van der Waals surface area contributed by atoms with E-state index in [4.69, 9.17) is 0 Å². The summed E-state index contributed by atoms with van der Waals surface area (Å²) in [5.41, 5.74) is 1.04. The molecule has 1 saturated carbocycles. The molecule has 1 aromatic heterocycles. The van der Waals surface area contributed by atoms with E-state index in [9.17, 15) is 9.59 Å². The Hall–Kier alpha value is -1.43. The zero-order valence-electron chi connectivity index (χ0n) is 15.0. The third kappa shape index (κ3) is 3.46. The summed E-state index contributed by atoms with van der Waals surface area (Å²) in [5, 5.41) is 0.652. The summed E-state index contributed by atoms with van der Waals surface area (Å²) in [7, 11) is 0. The van der Waals surface area contributed by atoms with Crippen LogP contribution in [0.4, 0.5) is 0 Å². The third-order valence-corrected chi connectivity index (χ3v) is 7.01. The second-order valence-corrected chi connectivity index (χ2v) is 8.92. The van der Waals surface area contributed by atoms with Crippen LogP contribution in [0.3, 0.4) is 0 Å². The number of piperidine rings is 1. The molecule has 1 saturated heterocycles. The fourth-order valence-electron chi connectivity index (χ4n) is 4.27. The van der Waals surface area contributed by atoms with E-state index in [2.05, 4.69) is 11.9 Å². The highest BCUT2D eigenvalue weighted by molar-refractivity contribution is 7.13. The summed E-state index contributed by atoms with van der Waals surface area (Å²) >= 11 is 1.55. The molecule has 25 heavy (non-hydrogen) atoms. The number of amides is 2. The van der Waals surface area contributed by atoms with Crippen molar-refractivity contribution in [2.24, 2.45) is 11.8 Å². The third-order valence-electron chi connectivity index (χ3n) is 5.87. The molecule has 2 fully saturated rings. The predicted molar refractivity (Wildman–Crippen MR) is 97.7 cm³/mol. The first-order valence-corrected chi connectivity index (χ1v) is 10.5. The summed E-state index contributed by atoms with van der Waals surface area (Å²) < 4.78 is 0. The molecule has 1 aromatic rings. The summed E-state index contributed by atoms with van der Waals surface area (Å²) in [6.07, 6.45) is 7.15. The molecule has 0 unspecified atom stereocenters. The number of carbonyl (C=O) groups excluding carboxylic acids is 2. The van der Waals surface area contributed by atoms with Crippen molar-refractivity contribution in [3.8, 4) is 0 Å². The van der Waals surface area contributed by atoms with Gasteiger partial charge in [-0.15, -0.1) is 11.3 Å². The van der Waals surface area contributed by atoms with Crippen molar-refractivity contribution >= 4 is 23.2 Å². The minimum absolute atomic E-state index is 0.106. The Morgan fingerprint density at radius 3 is 2.44 bits per heavy atom. The second kappa shape index (κ2) is 7.06. The van der Waals surface area contributed by atoms with Crippen molar-refractivity contribution < 1.29 is 9.59 Å². The van der Waals surface area contributed by atoms with Crippen LogP contribution in [0.1, 0.15) is 59.4 Å². The molecule has 1 aliphatic carbocycles. The van der Waals surface area contributed by atoms with Crippen LogP contribution >= 0.6 is 11.3 Å². The molecule has 0 aromatic carbocycles. The fourth-order valence-corrected chi connectivity index (χ4v) is 5.33. The maximum atomic E-state index is 12.7. The van der Waals surface area contributed by atoms with Crippen LogP contribution in [0.15, 0.2) is 0 Å². The lowest BCUT2D eigenvalue weighted by molar-refractivity contribution is -0.139. The van der Waals surface area contributed by atoms with Gasteiger partial charge in [0.05, 0.1) is 5.69 Å². The second-order valence-electron chi connectivity index (χ2n) is 7.84. The summed E-state index contributed by atoms with van der Waals surface area (Å²) in [6, 6.07) is 0. The van der Waals surface area contributed by atoms with Crippen molar-refractivity contribution in [1.29, 1.82) is 0 Å². The van der Waals surface area contributed by atoms with E-state index in [-0.39, 0.29) is 11.8 Å². The molecule has 0 atom stereocenters. The van der Waals surface area contributed by atoms with Crippen LogP contribution < -0.4 is 0 Å². The van der Waals surface area contributed by atoms with Crippen LogP contribution in [0.5, 0.6) is 0 Å². The minimum Gasteiger partial charge on any atom is -0.342 e. The van der Waals surface area contributed by atoms with Crippen molar-refractivity contribution in [3.05, 3.63) is 15.6 Å². The number of nitrogens with zero attached hydrogens (tertiary/aromatic N) is 3. The molecule has 3 heterocycles. The Morgan fingerprint density at radius 1 is 1.00 bits per heavy atom. The number of hydrogen-bond donors (Lipinski definition) is 0. The zero-order chi connectivity index (χ0) is 17.4. The molecule has 0 radical (unpaired) electrons. The summed E-state index contributed by atoms with van der Waals surface area (Å²) in [4.78, 5) is 35.1. The van der Waals surface area contributed by atoms with E-state index in [1.54, 1.807) is 11.3 Å². The first-order chi connectivity index (χ1) is 12.1. The van der Waals surface area contributed by atoms with Gasteiger partial charge in [-0.2, -0.15) is 0 Å². The van der Waals surface area contributed by atoms with Gasteiger partial charge in [0.25, 0.3) is 5.91 Å². The van der Waals surface area contributed by atoms with Gasteiger partial charge in [-0.3, -0.25) is 9.59 Å². The van der Waals surface area contributed by atoms with Crippen LogP contribution in [0.2, 0.25) is 0 Å². The van der Waals surface area contributed by atoms with E-state index >= 15 is 0 Å². The van der Waals surface area contributed by atoms with E-state index in [1.165, 1.54) is 11.3 Å². The molecular formula is C19H27N3O2S. The van der Waals surface area contributed by atoms with Crippen molar-refractivity contribution in [1.82, 2.24) is 14.8 Å². The van der Waals surface area contributed by atoms with Gasteiger partial charge >= 0.3 is 0 Å². The monoisotopic (exact) mass is 361 g/mol. The van der Waals surface area contributed by atoms with Gasteiger partial charge in [-0.25, -0.2) is 4.98 Å². The largest absolute Gasteiger partial charge is 0.342 e. The number of fused-ring (bicyclic) bond motifs is 1. The number of rotatable bonds is 2. The van der Waals surface area contributed by atoms with Gasteiger partial charge in [0.1, 0.15) is 0 Å². The van der Waals surface area contributed by atoms with Gasteiger partial charge in [-0.05, 0) is 38.0 Å². The summed E-state index contributed by atoms with van der Waals surface area (Å²) in [5.74, 6) is 1.38. The van der Waals surface area contributed by atoms with E-state index in [0.717, 1.165) is 70.4 Å². The van der Waals surface area contributed by atoms with E-state index < -0.39 is 0 Å². The van der Waals surface area contributed by atoms with Crippen LogP contribution in [0.25, 0.3) is 0 Å². The van der Waals surface area contributed by atoms with Gasteiger partial charge in [0, 0.05) is 49.8 Å². The summed E-state index contributed by atoms with van der Waals surface area (Å²) in [6.45, 7) is 5.47. The maximum absolute atomic E-state index is 12.7. The average molecular weight is 362 g/mol. The van der Waals surface area contributed by atoms with Crippen molar-refractivity contribution in [2.45, 2.75) is 51.9 Å². The molecule has 5 nitrogen and oxygen atoms in total. The number of aromatic nitrogens is 1. The molecule has 2 amide bonds. The normalized spacial score (nSPS) is 26.6. The Labute approximate surface area is 153 Å². The standard InChI is InChI=1S/C19H27N3O2S/c1-13-11-14(12-13)18(23)22-9-5-15-16(6-10-22)25-17(20-15)19(24)21-7-3-2-4-8-21/h13-14H,2-12H2,1H3. The van der Waals surface area contributed by atoms with Gasteiger partial charge in [-0.1, -0.05) is 6.92 Å². The van der Waals surface area contributed by atoms with Crippen LogP contribution in [0, 0.1) is 11.8 Å². The van der Waals surface area contributed by atoms with Crippen molar-refractivity contribution in [3.63, 3.8) is 0 Å². The lowest BCUT2D eigenvalue weighted by Crippen LogP contribution is -2.42. The first kappa shape index (κ1) is 17.0. The Morgan fingerprint density at radius 2 is 1.72 bits per heavy atom. The molecule has 2 aliphatic heterocycles. The highest BCUT2D eigenvalue weighted by Gasteiger charge is 2.35. The van der Waals surface area contributed by atoms with Crippen molar-refractivity contribution in [2.75, 3.05) is 26.2 Å². The molecule has 4 rings (SSSR count). The van der Waals surface area contributed by atoms with E-state index in [1.807, 2.05) is 9.80 Å². The SMILES string of the molecule is CC1CC(C(=O)N2CCc3nc(C(=O)N4CCCCC4)sc3CC2)C1. The lowest BCUT2D eigenvalue weighted by atomic mass is 9.75.